The van der Waals surface area contributed by atoms with Crippen LogP contribution in [-0.4, -0.2) is 21.6 Å². The Labute approximate surface area is 148 Å². The highest BCUT2D eigenvalue weighted by Gasteiger charge is 2.43. The first-order valence-electron chi connectivity index (χ1n) is 7.59. The lowest BCUT2D eigenvalue weighted by Gasteiger charge is -2.43. The molecule has 6 heteroatoms. The number of aromatic nitrogens is 1. The highest BCUT2D eigenvalue weighted by molar-refractivity contribution is 9.10. The molecular formula is C17H20BrClN2O2. The fourth-order valence-corrected chi connectivity index (χ4v) is 4.19. The van der Waals surface area contributed by atoms with Crippen molar-refractivity contribution in [3.05, 3.63) is 32.4 Å². The summed E-state index contributed by atoms with van der Waals surface area (Å²) in [6.45, 7) is 5.79. The van der Waals surface area contributed by atoms with Crippen LogP contribution >= 0.6 is 27.5 Å². The zero-order chi connectivity index (χ0) is 17.2. The molecule has 0 saturated heterocycles. The summed E-state index contributed by atoms with van der Waals surface area (Å²) in [4.78, 5) is 15.1. The van der Waals surface area contributed by atoms with Crippen LogP contribution in [0, 0.1) is 5.41 Å². The van der Waals surface area contributed by atoms with E-state index < -0.39 is 11.5 Å². The van der Waals surface area contributed by atoms with Crippen molar-refractivity contribution in [3.8, 4) is 0 Å². The first-order chi connectivity index (χ1) is 10.5. The second-order valence-corrected chi connectivity index (χ2v) is 8.41. The topological polar surface area (TPSA) is 79.1 Å². The molecule has 0 bridgehead atoms. The van der Waals surface area contributed by atoms with Crippen LogP contribution in [0.5, 0.6) is 0 Å². The molecule has 2 aromatic rings. The Kier molecular flexibility index (Phi) is 3.82. The molecule has 23 heavy (non-hydrogen) atoms. The number of aliphatic hydroxyl groups is 1. The maximum Gasteiger partial charge on any atom is 0.250 e. The van der Waals surface area contributed by atoms with Crippen molar-refractivity contribution in [1.29, 1.82) is 0 Å². The molecular weight excluding hydrogens is 380 g/mol. The summed E-state index contributed by atoms with van der Waals surface area (Å²) in [5.41, 5.74) is 7.80. The Bertz CT molecular complexity index is 822. The van der Waals surface area contributed by atoms with Crippen molar-refractivity contribution in [2.45, 2.75) is 45.6 Å². The minimum atomic E-state index is -0.788. The molecule has 0 saturated carbocycles. The lowest BCUT2D eigenvalue weighted by molar-refractivity contribution is -0.0535. The van der Waals surface area contributed by atoms with E-state index in [0.717, 1.165) is 39.5 Å². The van der Waals surface area contributed by atoms with Gasteiger partial charge in [0, 0.05) is 21.0 Å². The maximum atomic E-state index is 11.8. The summed E-state index contributed by atoms with van der Waals surface area (Å²) >= 11 is 9.79. The van der Waals surface area contributed by atoms with Gasteiger partial charge in [0.25, 0.3) is 5.91 Å². The van der Waals surface area contributed by atoms with Crippen molar-refractivity contribution in [2.24, 2.45) is 11.1 Å². The number of hydrogen-bond acceptors (Lipinski definition) is 2. The van der Waals surface area contributed by atoms with Crippen molar-refractivity contribution in [1.82, 2.24) is 4.98 Å². The van der Waals surface area contributed by atoms with Gasteiger partial charge in [-0.1, -0.05) is 18.5 Å². The van der Waals surface area contributed by atoms with Gasteiger partial charge in [0.2, 0.25) is 0 Å². The molecule has 0 fully saturated rings. The number of rotatable bonds is 2. The highest BCUT2D eigenvalue weighted by atomic mass is 79.9. The maximum absolute atomic E-state index is 11.8. The second kappa shape index (κ2) is 5.23. The average molecular weight is 400 g/mol. The van der Waals surface area contributed by atoms with Crippen LogP contribution in [0.15, 0.2) is 10.5 Å². The molecule has 1 aliphatic carbocycles. The van der Waals surface area contributed by atoms with Gasteiger partial charge < -0.3 is 15.8 Å². The van der Waals surface area contributed by atoms with Crippen LogP contribution < -0.4 is 5.73 Å². The predicted octanol–water partition coefficient (Wildman–Crippen LogP) is 3.95. The standard InChI is InChI=1S/C17H20BrClN2O2/c1-16(2,23)17(3)5-4-8-11(7-17)21-14-9(15(20)22)6-10(19)13(18)12(8)14/h6,21,23H,4-5,7H2,1-3H3,(H2,20,22). The smallest absolute Gasteiger partial charge is 0.250 e. The fraction of sp³-hybridized carbons (Fsp3) is 0.471. The summed E-state index contributed by atoms with van der Waals surface area (Å²) in [6, 6.07) is 1.59. The molecule has 124 valence electrons. The van der Waals surface area contributed by atoms with E-state index in [-0.39, 0.29) is 5.41 Å². The molecule has 4 nitrogen and oxygen atoms in total. The number of H-pyrrole nitrogens is 1. The average Bonchev–Trinajstić information content (AvgIpc) is 2.79. The van der Waals surface area contributed by atoms with E-state index in [0.29, 0.717) is 17.0 Å². The normalized spacial score (nSPS) is 21.5. The Morgan fingerprint density at radius 3 is 2.74 bits per heavy atom. The molecule has 1 atom stereocenters. The first-order valence-corrected chi connectivity index (χ1v) is 8.76. The number of amides is 1. The number of aryl methyl sites for hydroxylation is 1. The summed E-state index contributed by atoms with van der Waals surface area (Å²) in [6.07, 6.45) is 2.39. The van der Waals surface area contributed by atoms with E-state index in [9.17, 15) is 9.90 Å². The molecule has 1 aromatic heterocycles. The zero-order valence-electron chi connectivity index (χ0n) is 13.4. The van der Waals surface area contributed by atoms with Gasteiger partial charge in [0.15, 0.2) is 0 Å². The molecule has 0 spiro atoms. The Morgan fingerprint density at radius 2 is 2.17 bits per heavy atom. The lowest BCUT2D eigenvalue weighted by atomic mass is 9.65. The molecule has 4 N–H and O–H groups in total. The van der Waals surface area contributed by atoms with E-state index in [4.69, 9.17) is 17.3 Å². The van der Waals surface area contributed by atoms with Crippen molar-refractivity contribution in [3.63, 3.8) is 0 Å². The molecule has 1 aromatic carbocycles. The Morgan fingerprint density at radius 1 is 1.52 bits per heavy atom. The van der Waals surface area contributed by atoms with Crippen LogP contribution in [0.4, 0.5) is 0 Å². The quantitative estimate of drug-likeness (QED) is 0.715. The summed E-state index contributed by atoms with van der Waals surface area (Å²) in [5, 5.41) is 11.9. The lowest BCUT2D eigenvalue weighted by Crippen LogP contribution is -2.45. The number of aromatic amines is 1. The number of hydrogen-bond donors (Lipinski definition) is 3. The van der Waals surface area contributed by atoms with Crippen LogP contribution in [0.2, 0.25) is 5.02 Å². The number of nitrogens with two attached hydrogens (primary N) is 1. The van der Waals surface area contributed by atoms with E-state index in [2.05, 4.69) is 27.8 Å². The van der Waals surface area contributed by atoms with E-state index in [1.807, 2.05) is 13.8 Å². The molecule has 1 heterocycles. The molecule has 1 unspecified atom stereocenters. The third-order valence-corrected chi connectivity index (χ3v) is 6.75. The van der Waals surface area contributed by atoms with Gasteiger partial charge in [0.05, 0.1) is 21.7 Å². The van der Waals surface area contributed by atoms with Crippen LogP contribution in [0.25, 0.3) is 10.9 Å². The molecule has 0 radical (unpaired) electrons. The SMILES string of the molecule is CC(C)(O)C1(C)CCc2c([nH]c3c(C(N)=O)cc(Cl)c(Br)c23)C1. The van der Waals surface area contributed by atoms with Crippen molar-refractivity contribution in [2.75, 3.05) is 0 Å². The third-order valence-electron chi connectivity index (χ3n) is 5.40. The van der Waals surface area contributed by atoms with Gasteiger partial charge in [-0.25, -0.2) is 0 Å². The predicted molar refractivity (Wildman–Crippen MR) is 96.0 cm³/mol. The number of carbonyl (C=O) groups is 1. The second-order valence-electron chi connectivity index (χ2n) is 7.21. The largest absolute Gasteiger partial charge is 0.390 e. The Hall–Kier alpha value is -1.04. The molecule has 1 amide bonds. The van der Waals surface area contributed by atoms with E-state index in [1.54, 1.807) is 6.07 Å². The summed E-state index contributed by atoms with van der Waals surface area (Å²) < 4.78 is 0.781. The van der Waals surface area contributed by atoms with Gasteiger partial charge >= 0.3 is 0 Å². The van der Waals surface area contributed by atoms with Crippen LogP contribution in [0.3, 0.4) is 0 Å². The fourth-order valence-electron chi connectivity index (χ4n) is 3.44. The van der Waals surface area contributed by atoms with Crippen LogP contribution in [-0.2, 0) is 12.8 Å². The van der Waals surface area contributed by atoms with Gasteiger partial charge in [0.1, 0.15) is 0 Å². The number of primary amides is 1. The van der Waals surface area contributed by atoms with Gasteiger partial charge in [-0.2, -0.15) is 0 Å². The van der Waals surface area contributed by atoms with Gasteiger partial charge in [-0.3, -0.25) is 4.79 Å². The minimum absolute atomic E-state index is 0.232. The number of carbonyl (C=O) groups excluding carboxylic acids is 1. The van der Waals surface area contributed by atoms with Gasteiger partial charge in [-0.05, 0) is 60.7 Å². The number of halogens is 2. The molecule has 1 aliphatic rings. The molecule has 0 aliphatic heterocycles. The number of fused-ring (bicyclic) bond motifs is 3. The van der Waals surface area contributed by atoms with E-state index >= 15 is 0 Å². The van der Waals surface area contributed by atoms with Gasteiger partial charge in [-0.15, -0.1) is 0 Å². The summed E-state index contributed by atoms with van der Waals surface area (Å²) in [5.74, 6) is -0.506. The van der Waals surface area contributed by atoms with E-state index in [1.165, 1.54) is 0 Å². The Balaban J connectivity index is 2.25. The minimum Gasteiger partial charge on any atom is -0.390 e. The van der Waals surface area contributed by atoms with Crippen molar-refractivity contribution < 1.29 is 9.90 Å². The highest BCUT2D eigenvalue weighted by Crippen LogP contribution is 2.47. The zero-order valence-corrected chi connectivity index (χ0v) is 15.7. The number of benzene rings is 1. The van der Waals surface area contributed by atoms with Crippen LogP contribution in [0.1, 0.15) is 48.8 Å². The summed E-state index contributed by atoms with van der Waals surface area (Å²) in [7, 11) is 0. The first kappa shape index (κ1) is 16.8. The van der Waals surface area contributed by atoms with Crippen molar-refractivity contribution >= 4 is 44.3 Å². The molecule has 3 rings (SSSR count). The monoisotopic (exact) mass is 398 g/mol. The third kappa shape index (κ3) is 2.49. The number of nitrogens with one attached hydrogen (secondary N) is 1.